The van der Waals surface area contributed by atoms with Crippen LogP contribution in [0.25, 0.3) is 0 Å². The standard InChI is InChI=1S/C10H15N3OS/c1-8(7-14-2)12-10(15)13-9-4-3-5-11-6-9/h3-6,8H,7H2,1-2H3,(H2,12,13,15). The summed E-state index contributed by atoms with van der Waals surface area (Å²) in [6.07, 6.45) is 3.43. The lowest BCUT2D eigenvalue weighted by Crippen LogP contribution is -2.38. The minimum atomic E-state index is 0.187. The molecular formula is C10H15N3OS. The van der Waals surface area contributed by atoms with Gasteiger partial charge in [-0.3, -0.25) is 4.98 Å². The highest BCUT2D eigenvalue weighted by Crippen LogP contribution is 2.02. The lowest BCUT2D eigenvalue weighted by Gasteiger charge is -2.15. The van der Waals surface area contributed by atoms with Gasteiger partial charge in [0.05, 0.1) is 18.5 Å². The zero-order valence-corrected chi connectivity index (χ0v) is 9.67. The van der Waals surface area contributed by atoms with Gasteiger partial charge in [0.2, 0.25) is 0 Å². The zero-order chi connectivity index (χ0) is 11.1. The summed E-state index contributed by atoms with van der Waals surface area (Å²) in [5.41, 5.74) is 0.875. The van der Waals surface area contributed by atoms with E-state index in [4.69, 9.17) is 17.0 Å². The first kappa shape index (κ1) is 11.9. The molecule has 0 amide bonds. The summed E-state index contributed by atoms with van der Waals surface area (Å²) in [5, 5.41) is 6.71. The lowest BCUT2D eigenvalue weighted by atomic mass is 10.4. The summed E-state index contributed by atoms with van der Waals surface area (Å²) in [7, 11) is 1.66. The van der Waals surface area contributed by atoms with Crippen molar-refractivity contribution in [2.45, 2.75) is 13.0 Å². The molecule has 1 aromatic heterocycles. The highest BCUT2D eigenvalue weighted by molar-refractivity contribution is 7.80. The maximum atomic E-state index is 5.12. The molecule has 5 heteroatoms. The molecule has 0 aliphatic heterocycles. The normalized spacial score (nSPS) is 11.9. The van der Waals surface area contributed by atoms with Crippen molar-refractivity contribution in [1.29, 1.82) is 0 Å². The molecule has 0 saturated carbocycles. The predicted molar refractivity (Wildman–Crippen MR) is 64.9 cm³/mol. The average Bonchev–Trinajstić information content (AvgIpc) is 2.19. The smallest absolute Gasteiger partial charge is 0.171 e. The van der Waals surface area contributed by atoms with Crippen molar-refractivity contribution in [2.24, 2.45) is 0 Å². The third-order valence-corrected chi connectivity index (χ3v) is 1.93. The largest absolute Gasteiger partial charge is 0.383 e. The average molecular weight is 225 g/mol. The number of ether oxygens (including phenoxy) is 1. The maximum Gasteiger partial charge on any atom is 0.171 e. The summed E-state index contributed by atoms with van der Waals surface area (Å²) in [5.74, 6) is 0. The van der Waals surface area contributed by atoms with E-state index < -0.39 is 0 Å². The first-order valence-electron chi connectivity index (χ1n) is 4.69. The van der Waals surface area contributed by atoms with Crippen LogP contribution in [0.3, 0.4) is 0 Å². The second-order valence-electron chi connectivity index (χ2n) is 3.20. The monoisotopic (exact) mass is 225 g/mol. The molecule has 15 heavy (non-hydrogen) atoms. The highest BCUT2D eigenvalue weighted by atomic mass is 32.1. The van der Waals surface area contributed by atoms with E-state index in [-0.39, 0.29) is 6.04 Å². The van der Waals surface area contributed by atoms with Gasteiger partial charge in [-0.1, -0.05) is 0 Å². The molecule has 1 rings (SSSR count). The van der Waals surface area contributed by atoms with E-state index in [9.17, 15) is 0 Å². The molecule has 0 fully saturated rings. The fraction of sp³-hybridized carbons (Fsp3) is 0.400. The number of pyridine rings is 1. The van der Waals surface area contributed by atoms with Gasteiger partial charge < -0.3 is 15.4 Å². The van der Waals surface area contributed by atoms with Crippen LogP contribution in [0, 0.1) is 0 Å². The molecule has 1 heterocycles. The Balaban J connectivity index is 2.36. The van der Waals surface area contributed by atoms with E-state index in [2.05, 4.69) is 15.6 Å². The molecule has 2 N–H and O–H groups in total. The molecule has 0 bridgehead atoms. The number of nitrogens with zero attached hydrogens (tertiary/aromatic N) is 1. The van der Waals surface area contributed by atoms with Crippen molar-refractivity contribution in [1.82, 2.24) is 10.3 Å². The summed E-state index contributed by atoms with van der Waals surface area (Å²) in [6, 6.07) is 3.94. The summed E-state index contributed by atoms with van der Waals surface area (Å²) >= 11 is 5.12. The van der Waals surface area contributed by atoms with E-state index in [1.165, 1.54) is 0 Å². The Labute approximate surface area is 95.0 Å². The van der Waals surface area contributed by atoms with Crippen LogP contribution in [0.15, 0.2) is 24.5 Å². The van der Waals surface area contributed by atoms with Crippen LogP contribution >= 0.6 is 12.2 Å². The van der Waals surface area contributed by atoms with Gasteiger partial charge in [0, 0.05) is 19.3 Å². The first-order chi connectivity index (χ1) is 7.22. The number of thiocarbonyl (C=S) groups is 1. The quantitative estimate of drug-likeness (QED) is 0.759. The van der Waals surface area contributed by atoms with Crippen LogP contribution in [0.5, 0.6) is 0 Å². The maximum absolute atomic E-state index is 5.12. The molecule has 0 saturated heterocycles. The van der Waals surface area contributed by atoms with Crippen LogP contribution < -0.4 is 10.6 Å². The lowest BCUT2D eigenvalue weighted by molar-refractivity contribution is 0.179. The highest BCUT2D eigenvalue weighted by Gasteiger charge is 2.03. The van der Waals surface area contributed by atoms with Crippen molar-refractivity contribution in [3.63, 3.8) is 0 Å². The molecule has 0 aliphatic carbocycles. The number of hydrogen-bond donors (Lipinski definition) is 2. The molecular weight excluding hydrogens is 210 g/mol. The minimum Gasteiger partial charge on any atom is -0.383 e. The fourth-order valence-corrected chi connectivity index (χ4v) is 1.44. The van der Waals surface area contributed by atoms with E-state index in [1.54, 1.807) is 19.5 Å². The zero-order valence-electron chi connectivity index (χ0n) is 8.86. The van der Waals surface area contributed by atoms with Gasteiger partial charge in [0.25, 0.3) is 0 Å². The number of anilines is 1. The molecule has 0 aromatic carbocycles. The van der Waals surface area contributed by atoms with Gasteiger partial charge in [0.15, 0.2) is 5.11 Å². The van der Waals surface area contributed by atoms with Crippen LogP contribution in [-0.2, 0) is 4.74 Å². The summed E-state index contributed by atoms with van der Waals surface area (Å²) in [6.45, 7) is 2.62. The number of aromatic nitrogens is 1. The second kappa shape index (κ2) is 6.31. The van der Waals surface area contributed by atoms with Gasteiger partial charge in [-0.15, -0.1) is 0 Å². The van der Waals surface area contributed by atoms with Crippen molar-refractivity contribution in [3.8, 4) is 0 Å². The predicted octanol–water partition coefficient (Wildman–Crippen LogP) is 1.40. The number of methoxy groups -OCH3 is 1. The Kier molecular flexibility index (Phi) is 5.00. The Bertz CT molecular complexity index is 305. The molecule has 1 unspecified atom stereocenters. The van der Waals surface area contributed by atoms with Crippen LogP contribution in [-0.4, -0.2) is 29.9 Å². The van der Waals surface area contributed by atoms with Crippen molar-refractivity contribution in [2.75, 3.05) is 19.0 Å². The molecule has 0 radical (unpaired) electrons. The van der Waals surface area contributed by atoms with Crippen LogP contribution in [0.4, 0.5) is 5.69 Å². The molecule has 4 nitrogen and oxygen atoms in total. The van der Waals surface area contributed by atoms with Crippen molar-refractivity contribution < 1.29 is 4.74 Å². The van der Waals surface area contributed by atoms with E-state index in [0.29, 0.717) is 11.7 Å². The second-order valence-corrected chi connectivity index (χ2v) is 3.60. The third-order valence-electron chi connectivity index (χ3n) is 1.71. The van der Waals surface area contributed by atoms with Gasteiger partial charge in [-0.05, 0) is 31.3 Å². The summed E-state index contributed by atoms with van der Waals surface area (Å²) in [4.78, 5) is 3.98. The minimum absolute atomic E-state index is 0.187. The molecule has 1 aromatic rings. The van der Waals surface area contributed by atoms with Crippen molar-refractivity contribution in [3.05, 3.63) is 24.5 Å². The van der Waals surface area contributed by atoms with Crippen LogP contribution in [0.2, 0.25) is 0 Å². The molecule has 0 spiro atoms. The molecule has 0 aliphatic rings. The van der Waals surface area contributed by atoms with E-state index in [1.807, 2.05) is 19.1 Å². The third kappa shape index (κ3) is 4.71. The van der Waals surface area contributed by atoms with Gasteiger partial charge in [-0.25, -0.2) is 0 Å². The van der Waals surface area contributed by atoms with E-state index >= 15 is 0 Å². The molecule has 1 atom stereocenters. The number of nitrogens with one attached hydrogen (secondary N) is 2. The SMILES string of the molecule is COCC(C)NC(=S)Nc1cccnc1. The van der Waals surface area contributed by atoms with Gasteiger partial charge in [-0.2, -0.15) is 0 Å². The first-order valence-corrected chi connectivity index (χ1v) is 5.09. The van der Waals surface area contributed by atoms with E-state index in [0.717, 1.165) is 5.69 Å². The topological polar surface area (TPSA) is 46.2 Å². The Morgan fingerprint density at radius 2 is 2.47 bits per heavy atom. The van der Waals surface area contributed by atoms with Gasteiger partial charge in [0.1, 0.15) is 0 Å². The number of rotatable bonds is 4. The number of hydrogen-bond acceptors (Lipinski definition) is 3. The van der Waals surface area contributed by atoms with Crippen molar-refractivity contribution >= 4 is 23.0 Å². The molecule has 82 valence electrons. The fourth-order valence-electron chi connectivity index (χ4n) is 1.12. The Morgan fingerprint density at radius 3 is 3.07 bits per heavy atom. The Morgan fingerprint density at radius 1 is 1.67 bits per heavy atom. The van der Waals surface area contributed by atoms with Crippen LogP contribution in [0.1, 0.15) is 6.92 Å². The summed E-state index contributed by atoms with van der Waals surface area (Å²) < 4.78 is 4.99. The Hall–Kier alpha value is -1.20. The van der Waals surface area contributed by atoms with Gasteiger partial charge >= 0.3 is 0 Å².